The molecular formula is C14H26N4O. The fourth-order valence-electron chi connectivity index (χ4n) is 2.75. The van der Waals surface area contributed by atoms with Gasteiger partial charge in [-0.25, -0.2) is 9.67 Å². The molecule has 1 fully saturated rings. The molecule has 0 spiro atoms. The zero-order valence-electron chi connectivity index (χ0n) is 12.3. The van der Waals surface area contributed by atoms with Gasteiger partial charge in [0.05, 0.1) is 12.1 Å². The molecule has 108 valence electrons. The van der Waals surface area contributed by atoms with Crippen molar-refractivity contribution in [1.82, 2.24) is 19.7 Å². The molecule has 0 amide bonds. The third-order valence-corrected chi connectivity index (χ3v) is 3.60. The fraction of sp³-hybridized carbons (Fsp3) is 0.857. The summed E-state index contributed by atoms with van der Waals surface area (Å²) in [6.07, 6.45) is 5.57. The molecule has 1 atom stereocenters. The van der Waals surface area contributed by atoms with Crippen molar-refractivity contribution in [1.29, 1.82) is 0 Å². The maximum absolute atomic E-state index is 9.92. The lowest BCUT2D eigenvalue weighted by atomic mass is 10.1. The van der Waals surface area contributed by atoms with Crippen LogP contribution in [-0.4, -0.2) is 50.0 Å². The average molecular weight is 266 g/mol. The van der Waals surface area contributed by atoms with E-state index >= 15 is 0 Å². The highest BCUT2D eigenvalue weighted by molar-refractivity contribution is 4.96. The first-order valence-corrected chi connectivity index (χ1v) is 7.28. The number of hydrogen-bond acceptors (Lipinski definition) is 4. The van der Waals surface area contributed by atoms with Crippen molar-refractivity contribution < 1.29 is 5.11 Å². The molecule has 1 saturated heterocycles. The molecule has 5 nitrogen and oxygen atoms in total. The van der Waals surface area contributed by atoms with Crippen molar-refractivity contribution in [2.75, 3.05) is 19.6 Å². The Balaban J connectivity index is 1.98. The number of likely N-dealkylation sites (tertiary alicyclic amines) is 1. The van der Waals surface area contributed by atoms with E-state index in [4.69, 9.17) is 0 Å². The second-order valence-corrected chi connectivity index (χ2v) is 6.35. The van der Waals surface area contributed by atoms with Gasteiger partial charge in [-0.3, -0.25) is 0 Å². The minimum atomic E-state index is -0.757. The molecule has 1 aromatic rings. The zero-order valence-corrected chi connectivity index (χ0v) is 12.3. The van der Waals surface area contributed by atoms with Gasteiger partial charge in [0.15, 0.2) is 0 Å². The first kappa shape index (κ1) is 14.5. The minimum absolute atomic E-state index is 0.350. The molecule has 2 rings (SSSR count). The van der Waals surface area contributed by atoms with Crippen LogP contribution in [0.25, 0.3) is 0 Å². The van der Waals surface area contributed by atoms with E-state index in [0.717, 1.165) is 12.4 Å². The van der Waals surface area contributed by atoms with Crippen LogP contribution in [0.1, 0.15) is 51.8 Å². The van der Waals surface area contributed by atoms with Gasteiger partial charge in [-0.15, -0.1) is 0 Å². The SMILES string of the molecule is CC(CN1CCCCC1)c1ncnn1CC(C)(C)O. The molecule has 0 aliphatic carbocycles. The fourth-order valence-corrected chi connectivity index (χ4v) is 2.75. The van der Waals surface area contributed by atoms with E-state index in [-0.39, 0.29) is 0 Å². The van der Waals surface area contributed by atoms with E-state index in [9.17, 15) is 5.11 Å². The molecule has 5 heteroatoms. The predicted octanol–water partition coefficient (Wildman–Crippen LogP) is 1.64. The molecule has 1 aliphatic rings. The van der Waals surface area contributed by atoms with Crippen molar-refractivity contribution >= 4 is 0 Å². The second-order valence-electron chi connectivity index (χ2n) is 6.35. The Morgan fingerprint density at radius 3 is 2.63 bits per heavy atom. The summed E-state index contributed by atoms with van der Waals surface area (Å²) in [6, 6.07) is 0. The van der Waals surface area contributed by atoms with E-state index in [1.165, 1.54) is 32.4 Å². The van der Waals surface area contributed by atoms with Crippen LogP contribution in [0.2, 0.25) is 0 Å². The van der Waals surface area contributed by atoms with Crippen molar-refractivity contribution in [3.05, 3.63) is 12.2 Å². The highest BCUT2D eigenvalue weighted by Crippen LogP contribution is 2.18. The van der Waals surface area contributed by atoms with Gasteiger partial charge >= 0.3 is 0 Å². The maximum atomic E-state index is 9.92. The van der Waals surface area contributed by atoms with E-state index in [2.05, 4.69) is 21.9 Å². The summed E-state index contributed by atoms with van der Waals surface area (Å²) in [6.45, 7) is 9.71. The summed E-state index contributed by atoms with van der Waals surface area (Å²) in [5, 5.41) is 14.2. The summed E-state index contributed by atoms with van der Waals surface area (Å²) in [5.74, 6) is 1.33. The van der Waals surface area contributed by atoms with Gasteiger partial charge in [-0.1, -0.05) is 13.3 Å². The van der Waals surface area contributed by atoms with E-state index in [1.54, 1.807) is 20.2 Å². The predicted molar refractivity (Wildman–Crippen MR) is 75.0 cm³/mol. The first-order chi connectivity index (χ1) is 8.96. The summed E-state index contributed by atoms with van der Waals surface area (Å²) < 4.78 is 1.84. The molecule has 1 aromatic heterocycles. The van der Waals surface area contributed by atoms with Crippen LogP contribution >= 0.6 is 0 Å². The largest absolute Gasteiger partial charge is 0.389 e. The lowest BCUT2D eigenvalue weighted by Gasteiger charge is -2.29. The number of aromatic nitrogens is 3. The second kappa shape index (κ2) is 6.01. The van der Waals surface area contributed by atoms with Crippen LogP contribution in [0, 0.1) is 0 Å². The van der Waals surface area contributed by atoms with Gasteiger partial charge in [0, 0.05) is 12.5 Å². The Hall–Kier alpha value is -0.940. The standard InChI is InChI=1S/C14H26N4O/c1-12(9-17-7-5-4-6-8-17)13-15-11-16-18(13)10-14(2,3)19/h11-12,19H,4-10H2,1-3H3. The summed E-state index contributed by atoms with van der Waals surface area (Å²) in [5.41, 5.74) is -0.757. The minimum Gasteiger partial charge on any atom is -0.389 e. The van der Waals surface area contributed by atoms with Gasteiger partial charge in [0.2, 0.25) is 0 Å². The highest BCUT2D eigenvalue weighted by atomic mass is 16.3. The van der Waals surface area contributed by atoms with Crippen LogP contribution in [0.15, 0.2) is 6.33 Å². The molecule has 1 aliphatic heterocycles. The number of aliphatic hydroxyl groups is 1. The number of hydrogen-bond donors (Lipinski definition) is 1. The lowest BCUT2D eigenvalue weighted by Crippen LogP contribution is -2.34. The first-order valence-electron chi connectivity index (χ1n) is 7.28. The molecular weight excluding hydrogens is 240 g/mol. The van der Waals surface area contributed by atoms with Gasteiger partial charge in [-0.2, -0.15) is 5.10 Å². The van der Waals surface area contributed by atoms with E-state index < -0.39 is 5.60 Å². The molecule has 1 unspecified atom stereocenters. The molecule has 2 heterocycles. The monoisotopic (exact) mass is 266 g/mol. The van der Waals surface area contributed by atoms with E-state index in [0.29, 0.717) is 12.5 Å². The zero-order chi connectivity index (χ0) is 13.9. The van der Waals surface area contributed by atoms with Crippen LogP contribution in [0.4, 0.5) is 0 Å². The highest BCUT2D eigenvalue weighted by Gasteiger charge is 2.21. The molecule has 0 aromatic carbocycles. The number of rotatable bonds is 5. The van der Waals surface area contributed by atoms with Crippen LogP contribution in [0.3, 0.4) is 0 Å². The van der Waals surface area contributed by atoms with Crippen molar-refractivity contribution in [2.24, 2.45) is 0 Å². The summed E-state index contributed by atoms with van der Waals surface area (Å²) in [7, 11) is 0. The van der Waals surface area contributed by atoms with Gasteiger partial charge in [0.1, 0.15) is 12.2 Å². The van der Waals surface area contributed by atoms with Gasteiger partial charge in [0.25, 0.3) is 0 Å². The lowest BCUT2D eigenvalue weighted by molar-refractivity contribution is 0.0560. The third kappa shape index (κ3) is 4.28. The average Bonchev–Trinajstić information content (AvgIpc) is 2.76. The summed E-state index contributed by atoms with van der Waals surface area (Å²) in [4.78, 5) is 6.89. The van der Waals surface area contributed by atoms with Crippen LogP contribution in [0.5, 0.6) is 0 Å². The third-order valence-electron chi connectivity index (χ3n) is 3.60. The molecule has 0 radical (unpaired) electrons. The smallest absolute Gasteiger partial charge is 0.138 e. The number of piperidine rings is 1. The van der Waals surface area contributed by atoms with Crippen molar-refractivity contribution in [2.45, 2.75) is 58.1 Å². The number of nitrogens with zero attached hydrogens (tertiary/aromatic N) is 4. The Morgan fingerprint density at radius 2 is 2.00 bits per heavy atom. The Labute approximate surface area is 115 Å². The Morgan fingerprint density at radius 1 is 1.32 bits per heavy atom. The molecule has 1 N–H and O–H groups in total. The van der Waals surface area contributed by atoms with Crippen LogP contribution in [-0.2, 0) is 6.54 Å². The summed E-state index contributed by atoms with van der Waals surface area (Å²) >= 11 is 0. The van der Waals surface area contributed by atoms with Gasteiger partial charge in [-0.05, 0) is 39.8 Å². The van der Waals surface area contributed by atoms with Crippen LogP contribution < -0.4 is 0 Å². The maximum Gasteiger partial charge on any atom is 0.138 e. The van der Waals surface area contributed by atoms with Crippen molar-refractivity contribution in [3.63, 3.8) is 0 Å². The molecule has 0 saturated carbocycles. The normalized spacial score (nSPS) is 19.6. The van der Waals surface area contributed by atoms with Gasteiger partial charge < -0.3 is 10.0 Å². The Bertz CT molecular complexity index is 390. The quantitative estimate of drug-likeness (QED) is 0.880. The molecule has 0 bridgehead atoms. The van der Waals surface area contributed by atoms with Crippen molar-refractivity contribution in [3.8, 4) is 0 Å². The topological polar surface area (TPSA) is 54.2 Å². The Kier molecular flexibility index (Phi) is 4.58. The van der Waals surface area contributed by atoms with E-state index in [1.807, 2.05) is 4.68 Å². The molecule has 19 heavy (non-hydrogen) atoms.